The van der Waals surface area contributed by atoms with Gasteiger partial charge in [-0.1, -0.05) is 0 Å². The van der Waals surface area contributed by atoms with Gasteiger partial charge in [0.15, 0.2) is 5.79 Å². The summed E-state index contributed by atoms with van der Waals surface area (Å²) in [5, 5.41) is 10.8. The first kappa shape index (κ1) is 13.0. The zero-order chi connectivity index (χ0) is 13.3. The predicted molar refractivity (Wildman–Crippen MR) is 68.2 cm³/mol. The minimum atomic E-state index is -0.957. The quantitative estimate of drug-likeness (QED) is 0.898. The van der Waals surface area contributed by atoms with Crippen LogP contribution < -0.4 is 0 Å². The topological polar surface area (TPSA) is 71.9 Å². The molecule has 0 radical (unpaired) electrons. The van der Waals surface area contributed by atoms with E-state index in [1.54, 1.807) is 0 Å². The Kier molecular flexibility index (Phi) is 3.53. The number of hydrogen-bond donors (Lipinski definition) is 1. The Morgan fingerprint density at radius 3 is 2.68 bits per heavy atom. The van der Waals surface area contributed by atoms with Crippen molar-refractivity contribution < 1.29 is 19.4 Å². The third kappa shape index (κ3) is 2.79. The smallest absolute Gasteiger partial charge is 0.365 e. The second-order valence-corrected chi connectivity index (χ2v) is 5.69. The Balaban J connectivity index is 1.55. The summed E-state index contributed by atoms with van der Waals surface area (Å²) < 4.78 is 11.4. The first-order chi connectivity index (χ1) is 9.17. The van der Waals surface area contributed by atoms with Gasteiger partial charge in [0.1, 0.15) is 0 Å². The molecular formula is C12H16N2O4S. The molecule has 3 rings (SSSR count). The molecule has 1 aromatic rings. The molecular weight excluding hydrogens is 268 g/mol. The standard InChI is InChI=1S/C12H16N2O4S/c15-11(16)10-13-9(8-19-10)7-14-3-1-12(2-4-14)17-5-6-18-12/h8H,1-7H2,(H,15,16). The molecule has 2 aliphatic rings. The number of carbonyl (C=O) groups is 1. The van der Waals surface area contributed by atoms with Crippen molar-refractivity contribution in [2.75, 3.05) is 26.3 Å². The molecule has 2 saturated heterocycles. The van der Waals surface area contributed by atoms with Crippen LogP contribution in [0.15, 0.2) is 5.38 Å². The minimum Gasteiger partial charge on any atom is -0.476 e. The van der Waals surface area contributed by atoms with Gasteiger partial charge in [0.25, 0.3) is 0 Å². The molecule has 1 aromatic heterocycles. The summed E-state index contributed by atoms with van der Waals surface area (Å²) in [6.45, 7) is 3.85. The molecule has 1 spiro atoms. The number of hydrogen-bond acceptors (Lipinski definition) is 6. The van der Waals surface area contributed by atoms with Gasteiger partial charge in [-0.05, 0) is 0 Å². The Morgan fingerprint density at radius 2 is 2.11 bits per heavy atom. The average molecular weight is 284 g/mol. The van der Waals surface area contributed by atoms with E-state index in [1.807, 2.05) is 5.38 Å². The number of aromatic carboxylic acids is 1. The molecule has 6 nitrogen and oxygen atoms in total. The average Bonchev–Trinajstić information content (AvgIpc) is 3.02. The second kappa shape index (κ2) is 5.16. The summed E-state index contributed by atoms with van der Waals surface area (Å²) in [5.41, 5.74) is 0.826. The van der Waals surface area contributed by atoms with Crippen LogP contribution in [0, 0.1) is 0 Å². The number of thiazole rings is 1. The monoisotopic (exact) mass is 284 g/mol. The van der Waals surface area contributed by atoms with E-state index in [0.717, 1.165) is 31.6 Å². The van der Waals surface area contributed by atoms with Crippen LogP contribution in [-0.4, -0.2) is 53.1 Å². The summed E-state index contributed by atoms with van der Waals surface area (Å²) in [7, 11) is 0. The predicted octanol–water partition coefficient (Wildman–Crippen LogP) is 1.18. The van der Waals surface area contributed by atoms with Crippen molar-refractivity contribution >= 4 is 17.3 Å². The highest BCUT2D eigenvalue weighted by molar-refractivity contribution is 7.11. The highest BCUT2D eigenvalue weighted by Gasteiger charge is 2.39. The van der Waals surface area contributed by atoms with Crippen LogP contribution in [0.4, 0.5) is 0 Å². The molecule has 7 heteroatoms. The number of aromatic nitrogens is 1. The zero-order valence-electron chi connectivity index (χ0n) is 10.5. The lowest BCUT2D eigenvalue weighted by Crippen LogP contribution is -2.44. The lowest BCUT2D eigenvalue weighted by molar-refractivity contribution is -0.185. The van der Waals surface area contributed by atoms with E-state index in [9.17, 15) is 4.79 Å². The van der Waals surface area contributed by atoms with Gasteiger partial charge in [-0.25, -0.2) is 9.78 Å². The fourth-order valence-corrected chi connectivity index (χ4v) is 3.19. The van der Waals surface area contributed by atoms with Crippen molar-refractivity contribution in [1.82, 2.24) is 9.88 Å². The molecule has 1 N–H and O–H groups in total. The third-order valence-electron chi connectivity index (χ3n) is 3.55. The molecule has 0 aromatic carbocycles. The van der Waals surface area contributed by atoms with Gasteiger partial charge < -0.3 is 14.6 Å². The number of rotatable bonds is 3. The largest absolute Gasteiger partial charge is 0.476 e. The molecule has 0 aliphatic carbocycles. The van der Waals surface area contributed by atoms with Crippen LogP contribution in [0.2, 0.25) is 0 Å². The van der Waals surface area contributed by atoms with Crippen LogP contribution in [0.25, 0.3) is 0 Å². The fourth-order valence-electron chi connectivity index (χ4n) is 2.54. The van der Waals surface area contributed by atoms with E-state index in [4.69, 9.17) is 14.6 Å². The van der Waals surface area contributed by atoms with E-state index in [2.05, 4.69) is 9.88 Å². The van der Waals surface area contributed by atoms with Gasteiger partial charge in [-0.2, -0.15) is 0 Å². The van der Waals surface area contributed by atoms with Gasteiger partial charge in [-0.15, -0.1) is 11.3 Å². The van der Waals surface area contributed by atoms with Gasteiger partial charge in [-0.3, -0.25) is 4.90 Å². The van der Waals surface area contributed by atoms with Crippen LogP contribution in [0.1, 0.15) is 28.3 Å². The highest BCUT2D eigenvalue weighted by atomic mass is 32.1. The number of likely N-dealkylation sites (tertiary alicyclic amines) is 1. The lowest BCUT2D eigenvalue weighted by atomic mass is 10.0. The number of carboxylic acids is 1. The first-order valence-electron chi connectivity index (χ1n) is 6.35. The SMILES string of the molecule is O=C(O)c1nc(CN2CCC3(CC2)OCCO3)cs1. The van der Waals surface area contributed by atoms with E-state index >= 15 is 0 Å². The fraction of sp³-hybridized carbons (Fsp3) is 0.667. The summed E-state index contributed by atoms with van der Waals surface area (Å²) >= 11 is 1.18. The van der Waals surface area contributed by atoms with Gasteiger partial charge >= 0.3 is 5.97 Å². The Morgan fingerprint density at radius 1 is 1.42 bits per heavy atom. The zero-order valence-corrected chi connectivity index (χ0v) is 11.3. The molecule has 3 heterocycles. The lowest BCUT2D eigenvalue weighted by Gasteiger charge is -2.37. The number of carboxylic acid groups (broad SMARTS) is 1. The van der Waals surface area contributed by atoms with Crippen molar-refractivity contribution in [3.63, 3.8) is 0 Å². The van der Waals surface area contributed by atoms with Crippen molar-refractivity contribution in [2.24, 2.45) is 0 Å². The van der Waals surface area contributed by atoms with Gasteiger partial charge in [0.05, 0.1) is 18.9 Å². The molecule has 2 fully saturated rings. The maximum absolute atomic E-state index is 10.8. The van der Waals surface area contributed by atoms with E-state index in [0.29, 0.717) is 19.8 Å². The number of ether oxygens (including phenoxy) is 2. The van der Waals surface area contributed by atoms with E-state index in [-0.39, 0.29) is 10.8 Å². The Bertz CT molecular complexity index is 460. The van der Waals surface area contributed by atoms with Crippen molar-refractivity contribution in [1.29, 1.82) is 0 Å². The maximum Gasteiger partial charge on any atom is 0.365 e. The number of nitrogens with zero attached hydrogens (tertiary/aromatic N) is 2. The van der Waals surface area contributed by atoms with Crippen LogP contribution in [-0.2, 0) is 16.0 Å². The molecule has 2 aliphatic heterocycles. The first-order valence-corrected chi connectivity index (χ1v) is 7.23. The van der Waals surface area contributed by atoms with Crippen molar-refractivity contribution in [2.45, 2.75) is 25.2 Å². The van der Waals surface area contributed by atoms with Crippen molar-refractivity contribution in [3.05, 3.63) is 16.1 Å². The second-order valence-electron chi connectivity index (χ2n) is 4.83. The van der Waals surface area contributed by atoms with Gasteiger partial charge in [0.2, 0.25) is 5.01 Å². The molecule has 0 amide bonds. The molecule has 0 atom stereocenters. The molecule has 0 unspecified atom stereocenters. The highest BCUT2D eigenvalue weighted by Crippen LogP contribution is 2.31. The summed E-state index contributed by atoms with van der Waals surface area (Å²) in [6.07, 6.45) is 1.73. The van der Waals surface area contributed by atoms with E-state index < -0.39 is 5.97 Å². The van der Waals surface area contributed by atoms with Gasteiger partial charge in [0, 0.05) is 37.9 Å². The summed E-state index contributed by atoms with van der Waals surface area (Å²) in [5.74, 6) is -1.31. The van der Waals surface area contributed by atoms with Crippen LogP contribution in [0.3, 0.4) is 0 Å². The van der Waals surface area contributed by atoms with Crippen LogP contribution >= 0.6 is 11.3 Å². The normalized spacial score (nSPS) is 22.9. The maximum atomic E-state index is 10.8. The summed E-state index contributed by atoms with van der Waals surface area (Å²) in [6, 6.07) is 0. The van der Waals surface area contributed by atoms with E-state index in [1.165, 1.54) is 11.3 Å². The number of piperidine rings is 1. The summed E-state index contributed by atoms with van der Waals surface area (Å²) in [4.78, 5) is 17.1. The molecule has 0 saturated carbocycles. The molecule has 104 valence electrons. The molecule has 19 heavy (non-hydrogen) atoms. The van der Waals surface area contributed by atoms with Crippen LogP contribution in [0.5, 0.6) is 0 Å². The van der Waals surface area contributed by atoms with Crippen molar-refractivity contribution in [3.8, 4) is 0 Å². The Labute approximate surface area is 115 Å². The third-order valence-corrected chi connectivity index (χ3v) is 4.43. The minimum absolute atomic E-state index is 0.158. The molecule has 0 bridgehead atoms. The Hall–Kier alpha value is -1.02.